The molecule has 1 N–H and O–H groups in total. The molecule has 5 heteroatoms. The Bertz CT molecular complexity index is 738. The highest BCUT2D eigenvalue weighted by atomic mass is 127. The number of nitrogens with zero attached hydrogens (tertiary/aromatic N) is 2. The van der Waals surface area contributed by atoms with E-state index in [0.29, 0.717) is 13.0 Å². The number of pyridine rings is 1. The number of hydrogen-bond donors (Lipinski definition) is 1. The fourth-order valence-corrected chi connectivity index (χ4v) is 2.56. The normalized spacial score (nSPS) is 11.0. The summed E-state index contributed by atoms with van der Waals surface area (Å²) < 4.78 is 8.73. The number of aromatic nitrogens is 2. The molecule has 4 nitrogen and oxygen atoms in total. The highest BCUT2D eigenvalue weighted by Crippen LogP contribution is 2.22. The van der Waals surface area contributed by atoms with Gasteiger partial charge in [-0.2, -0.15) is 0 Å². The Balaban J connectivity index is 1.81. The second-order valence-electron chi connectivity index (χ2n) is 4.69. The first kappa shape index (κ1) is 14.3. The van der Waals surface area contributed by atoms with Gasteiger partial charge in [0, 0.05) is 34.6 Å². The van der Waals surface area contributed by atoms with Crippen LogP contribution < -0.4 is 4.74 Å². The molecule has 0 aliphatic rings. The summed E-state index contributed by atoms with van der Waals surface area (Å²) >= 11 is 2.29. The van der Waals surface area contributed by atoms with Gasteiger partial charge in [0.2, 0.25) is 0 Å². The molecule has 0 spiro atoms. The van der Waals surface area contributed by atoms with Gasteiger partial charge >= 0.3 is 0 Å². The first-order valence-corrected chi connectivity index (χ1v) is 7.82. The van der Waals surface area contributed by atoms with Crippen molar-refractivity contribution < 1.29 is 9.84 Å². The van der Waals surface area contributed by atoms with Crippen molar-refractivity contribution in [3.8, 4) is 17.0 Å². The van der Waals surface area contributed by atoms with Crippen LogP contribution in [-0.4, -0.2) is 27.7 Å². The lowest BCUT2D eigenvalue weighted by Gasteiger charge is -2.05. The van der Waals surface area contributed by atoms with Crippen molar-refractivity contribution in [1.29, 1.82) is 0 Å². The van der Waals surface area contributed by atoms with E-state index in [4.69, 9.17) is 9.84 Å². The number of ether oxygens (including phenoxy) is 1. The minimum atomic E-state index is 0.151. The van der Waals surface area contributed by atoms with Crippen molar-refractivity contribution in [3.63, 3.8) is 0 Å². The van der Waals surface area contributed by atoms with Gasteiger partial charge in [-0.1, -0.05) is 0 Å². The van der Waals surface area contributed by atoms with Gasteiger partial charge in [0.1, 0.15) is 11.4 Å². The van der Waals surface area contributed by atoms with Gasteiger partial charge < -0.3 is 14.2 Å². The van der Waals surface area contributed by atoms with E-state index in [9.17, 15) is 0 Å². The summed E-state index contributed by atoms with van der Waals surface area (Å²) in [6, 6.07) is 11.9. The highest BCUT2D eigenvalue weighted by molar-refractivity contribution is 14.1. The molecule has 0 amide bonds. The van der Waals surface area contributed by atoms with E-state index in [2.05, 4.69) is 33.8 Å². The van der Waals surface area contributed by atoms with Crippen LogP contribution >= 0.6 is 22.6 Å². The van der Waals surface area contributed by atoms with E-state index in [1.54, 1.807) is 0 Å². The maximum atomic E-state index is 8.73. The zero-order chi connectivity index (χ0) is 14.7. The van der Waals surface area contributed by atoms with Gasteiger partial charge in [0.05, 0.1) is 12.3 Å². The molecular formula is C16H15IN2O2. The first-order valence-electron chi connectivity index (χ1n) is 6.74. The van der Waals surface area contributed by atoms with Crippen LogP contribution in [0.25, 0.3) is 16.9 Å². The monoisotopic (exact) mass is 394 g/mol. The molecule has 2 aromatic heterocycles. The Hall–Kier alpha value is -1.60. The summed E-state index contributed by atoms with van der Waals surface area (Å²) in [5.74, 6) is 0.811. The molecule has 3 aromatic rings. The van der Waals surface area contributed by atoms with Crippen molar-refractivity contribution in [1.82, 2.24) is 9.38 Å². The molecule has 0 unspecified atom stereocenters. The maximum absolute atomic E-state index is 8.73. The van der Waals surface area contributed by atoms with Gasteiger partial charge in [0.15, 0.2) is 0 Å². The van der Waals surface area contributed by atoms with Crippen LogP contribution in [-0.2, 0) is 0 Å². The molecule has 108 valence electrons. The zero-order valence-electron chi connectivity index (χ0n) is 11.4. The van der Waals surface area contributed by atoms with Crippen LogP contribution in [0.5, 0.6) is 5.75 Å². The van der Waals surface area contributed by atoms with Crippen LogP contribution in [0.15, 0.2) is 48.8 Å². The van der Waals surface area contributed by atoms with Gasteiger partial charge in [-0.25, -0.2) is 4.98 Å². The topological polar surface area (TPSA) is 46.8 Å². The molecule has 2 heterocycles. The summed E-state index contributed by atoms with van der Waals surface area (Å²) in [5.41, 5.74) is 2.94. The molecule has 0 saturated heterocycles. The number of rotatable bonds is 5. The number of fused-ring (bicyclic) bond motifs is 1. The summed E-state index contributed by atoms with van der Waals surface area (Å²) in [6.07, 6.45) is 4.73. The average Bonchev–Trinajstić information content (AvgIpc) is 2.91. The van der Waals surface area contributed by atoms with Crippen molar-refractivity contribution >= 4 is 28.2 Å². The van der Waals surface area contributed by atoms with E-state index < -0.39 is 0 Å². The molecular weight excluding hydrogens is 379 g/mol. The van der Waals surface area contributed by atoms with Crippen LogP contribution in [0.4, 0.5) is 0 Å². The predicted molar refractivity (Wildman–Crippen MR) is 90.5 cm³/mol. The van der Waals surface area contributed by atoms with Crippen LogP contribution in [0.1, 0.15) is 6.42 Å². The number of halogens is 1. The van der Waals surface area contributed by atoms with Gasteiger partial charge in [-0.15, -0.1) is 0 Å². The van der Waals surface area contributed by atoms with Gasteiger partial charge in [-0.3, -0.25) is 0 Å². The van der Waals surface area contributed by atoms with E-state index in [1.165, 1.54) is 3.57 Å². The van der Waals surface area contributed by atoms with E-state index >= 15 is 0 Å². The number of imidazole rings is 1. The summed E-state index contributed by atoms with van der Waals surface area (Å²) in [7, 11) is 0. The smallest absolute Gasteiger partial charge is 0.137 e. The number of benzene rings is 1. The fourth-order valence-electron chi connectivity index (χ4n) is 2.08. The van der Waals surface area contributed by atoms with E-state index in [1.807, 2.05) is 47.0 Å². The number of hydrogen-bond acceptors (Lipinski definition) is 3. The zero-order valence-corrected chi connectivity index (χ0v) is 13.5. The predicted octanol–water partition coefficient (Wildman–Crippen LogP) is 3.37. The lowest BCUT2D eigenvalue weighted by Crippen LogP contribution is -1.99. The van der Waals surface area contributed by atoms with Crippen LogP contribution in [0.2, 0.25) is 0 Å². The van der Waals surface area contributed by atoms with Crippen LogP contribution in [0.3, 0.4) is 0 Å². The minimum absolute atomic E-state index is 0.151. The number of aliphatic hydroxyl groups excluding tert-OH is 1. The quantitative estimate of drug-likeness (QED) is 0.533. The van der Waals surface area contributed by atoms with E-state index in [0.717, 1.165) is 22.7 Å². The molecule has 0 atom stereocenters. The lowest BCUT2D eigenvalue weighted by molar-refractivity contribution is 0.233. The second-order valence-corrected chi connectivity index (χ2v) is 5.93. The largest absolute Gasteiger partial charge is 0.494 e. The third-order valence-electron chi connectivity index (χ3n) is 3.14. The molecule has 0 aliphatic heterocycles. The molecule has 0 bridgehead atoms. The van der Waals surface area contributed by atoms with Crippen molar-refractivity contribution in [3.05, 3.63) is 52.4 Å². The van der Waals surface area contributed by atoms with Crippen molar-refractivity contribution in [2.75, 3.05) is 13.2 Å². The Morgan fingerprint density at radius 1 is 1.10 bits per heavy atom. The molecule has 1 aromatic carbocycles. The standard InChI is InChI=1S/C16H15IN2O2/c17-13-4-7-16-18-15(11-19(16)10-13)12-2-5-14(6-3-12)21-9-1-8-20/h2-7,10-11,20H,1,8-9H2. The molecule has 0 saturated carbocycles. The Kier molecular flexibility index (Phi) is 4.40. The Labute approximate surface area is 136 Å². The van der Waals surface area contributed by atoms with Crippen molar-refractivity contribution in [2.45, 2.75) is 6.42 Å². The van der Waals surface area contributed by atoms with E-state index in [-0.39, 0.29) is 6.61 Å². The summed E-state index contributed by atoms with van der Waals surface area (Å²) in [5, 5.41) is 8.73. The highest BCUT2D eigenvalue weighted by Gasteiger charge is 2.05. The molecule has 0 fully saturated rings. The fraction of sp³-hybridized carbons (Fsp3) is 0.188. The summed E-state index contributed by atoms with van der Waals surface area (Å²) in [4.78, 5) is 4.61. The summed E-state index contributed by atoms with van der Waals surface area (Å²) in [6.45, 7) is 0.681. The maximum Gasteiger partial charge on any atom is 0.137 e. The minimum Gasteiger partial charge on any atom is -0.494 e. The molecule has 0 aliphatic carbocycles. The average molecular weight is 394 g/mol. The molecule has 3 rings (SSSR count). The van der Waals surface area contributed by atoms with Crippen LogP contribution in [0, 0.1) is 3.57 Å². The van der Waals surface area contributed by atoms with Crippen molar-refractivity contribution in [2.24, 2.45) is 0 Å². The third-order valence-corrected chi connectivity index (χ3v) is 3.77. The third kappa shape index (κ3) is 3.36. The van der Waals surface area contributed by atoms with Gasteiger partial charge in [0.25, 0.3) is 0 Å². The Morgan fingerprint density at radius 3 is 2.67 bits per heavy atom. The molecule has 0 radical (unpaired) electrons. The Morgan fingerprint density at radius 2 is 1.90 bits per heavy atom. The SMILES string of the molecule is OCCCOc1ccc(-c2cn3cc(I)ccc3n2)cc1. The number of aliphatic hydroxyl groups is 1. The first-order chi connectivity index (χ1) is 10.3. The van der Waals surface area contributed by atoms with Gasteiger partial charge in [-0.05, 0) is 59.0 Å². The molecule has 21 heavy (non-hydrogen) atoms. The second kappa shape index (κ2) is 6.44. The lowest BCUT2D eigenvalue weighted by atomic mass is 10.2.